The molecule has 1 aliphatic rings. The summed E-state index contributed by atoms with van der Waals surface area (Å²) in [6.07, 6.45) is 7.62. The molecule has 118 valence electrons. The zero-order valence-electron chi connectivity index (χ0n) is 14.1. The predicted molar refractivity (Wildman–Crippen MR) is 91.5 cm³/mol. The Hall–Kier alpha value is -0.860. The predicted octanol–water partition coefficient (Wildman–Crippen LogP) is 4.18. The Labute approximate surface area is 130 Å². The van der Waals surface area contributed by atoms with E-state index in [0.29, 0.717) is 6.04 Å². The molecule has 0 saturated carbocycles. The molecule has 1 saturated heterocycles. The molecule has 0 bridgehead atoms. The van der Waals surface area contributed by atoms with Crippen LogP contribution in [0.15, 0.2) is 18.2 Å². The quantitative estimate of drug-likeness (QED) is 0.851. The summed E-state index contributed by atoms with van der Waals surface area (Å²) < 4.78 is 0. The molecule has 2 rings (SSSR count). The lowest BCUT2D eigenvalue weighted by atomic mass is 9.94. The Kier molecular flexibility index (Phi) is 6.25. The zero-order chi connectivity index (χ0) is 15.2. The van der Waals surface area contributed by atoms with Crippen molar-refractivity contribution in [3.63, 3.8) is 0 Å². The standard InChI is InChI=1S/C19H32N2/c1-4-18(20)10-11-19-7-5-6-12-21(19)14-17-9-8-15(2)16(3)13-17/h8-9,13,18-19H,4-7,10-12,14,20H2,1-3H3. The van der Waals surface area contributed by atoms with Crippen molar-refractivity contribution in [1.29, 1.82) is 0 Å². The maximum absolute atomic E-state index is 6.11. The van der Waals surface area contributed by atoms with Gasteiger partial charge in [0.15, 0.2) is 0 Å². The van der Waals surface area contributed by atoms with Gasteiger partial charge in [-0.25, -0.2) is 0 Å². The van der Waals surface area contributed by atoms with Crippen LogP contribution in [0.3, 0.4) is 0 Å². The Morgan fingerprint density at radius 2 is 2.05 bits per heavy atom. The summed E-state index contributed by atoms with van der Waals surface area (Å²) in [5, 5.41) is 0. The van der Waals surface area contributed by atoms with Crippen LogP contribution >= 0.6 is 0 Å². The van der Waals surface area contributed by atoms with E-state index in [2.05, 4.69) is 43.9 Å². The molecular formula is C19H32N2. The van der Waals surface area contributed by atoms with Crippen LogP contribution in [-0.2, 0) is 6.54 Å². The second-order valence-corrected chi connectivity index (χ2v) is 6.78. The molecule has 2 N–H and O–H groups in total. The molecule has 0 radical (unpaired) electrons. The number of nitrogens with zero attached hydrogens (tertiary/aromatic N) is 1. The van der Waals surface area contributed by atoms with Crippen LogP contribution in [0.4, 0.5) is 0 Å². The smallest absolute Gasteiger partial charge is 0.0236 e. The number of benzene rings is 1. The topological polar surface area (TPSA) is 29.3 Å². The van der Waals surface area contributed by atoms with E-state index in [-0.39, 0.29) is 0 Å². The van der Waals surface area contributed by atoms with Gasteiger partial charge in [-0.3, -0.25) is 4.90 Å². The van der Waals surface area contributed by atoms with Crippen molar-refractivity contribution in [1.82, 2.24) is 4.90 Å². The van der Waals surface area contributed by atoms with Crippen LogP contribution in [0.5, 0.6) is 0 Å². The Balaban J connectivity index is 1.96. The van der Waals surface area contributed by atoms with Crippen LogP contribution in [0.1, 0.15) is 62.1 Å². The van der Waals surface area contributed by atoms with E-state index in [9.17, 15) is 0 Å². The highest BCUT2D eigenvalue weighted by molar-refractivity contribution is 5.29. The van der Waals surface area contributed by atoms with Crippen LogP contribution in [0.25, 0.3) is 0 Å². The highest BCUT2D eigenvalue weighted by Gasteiger charge is 2.22. The third-order valence-electron chi connectivity index (χ3n) is 5.10. The van der Waals surface area contributed by atoms with Gasteiger partial charge in [-0.05, 0) is 69.2 Å². The fraction of sp³-hybridized carbons (Fsp3) is 0.684. The van der Waals surface area contributed by atoms with Gasteiger partial charge in [0.05, 0.1) is 0 Å². The molecule has 1 heterocycles. The lowest BCUT2D eigenvalue weighted by molar-refractivity contribution is 0.128. The van der Waals surface area contributed by atoms with Gasteiger partial charge < -0.3 is 5.73 Å². The Morgan fingerprint density at radius 3 is 2.76 bits per heavy atom. The SMILES string of the molecule is CCC(N)CCC1CCCCN1Cc1ccc(C)c(C)c1. The molecule has 1 aliphatic heterocycles. The van der Waals surface area contributed by atoms with E-state index in [4.69, 9.17) is 5.73 Å². The molecule has 2 unspecified atom stereocenters. The van der Waals surface area contributed by atoms with Gasteiger partial charge in [-0.15, -0.1) is 0 Å². The summed E-state index contributed by atoms with van der Waals surface area (Å²) >= 11 is 0. The first-order chi connectivity index (χ1) is 10.1. The number of hydrogen-bond donors (Lipinski definition) is 1. The van der Waals surface area contributed by atoms with Crippen molar-refractivity contribution >= 4 is 0 Å². The third kappa shape index (κ3) is 4.82. The van der Waals surface area contributed by atoms with E-state index in [1.54, 1.807) is 0 Å². The molecule has 1 aromatic carbocycles. The van der Waals surface area contributed by atoms with E-state index in [0.717, 1.165) is 19.0 Å². The molecule has 0 amide bonds. The maximum Gasteiger partial charge on any atom is 0.0236 e. The van der Waals surface area contributed by atoms with Gasteiger partial charge in [-0.1, -0.05) is 31.5 Å². The number of likely N-dealkylation sites (tertiary alicyclic amines) is 1. The number of nitrogens with two attached hydrogens (primary N) is 1. The van der Waals surface area contributed by atoms with Crippen molar-refractivity contribution in [2.75, 3.05) is 6.54 Å². The summed E-state index contributed by atoms with van der Waals surface area (Å²) in [4.78, 5) is 2.69. The first-order valence-electron chi connectivity index (χ1n) is 8.66. The number of hydrogen-bond acceptors (Lipinski definition) is 2. The molecule has 1 fully saturated rings. The highest BCUT2D eigenvalue weighted by Crippen LogP contribution is 2.24. The first-order valence-corrected chi connectivity index (χ1v) is 8.66. The highest BCUT2D eigenvalue weighted by atomic mass is 15.2. The summed E-state index contributed by atoms with van der Waals surface area (Å²) in [7, 11) is 0. The molecule has 0 aromatic heterocycles. The zero-order valence-corrected chi connectivity index (χ0v) is 14.1. The number of aryl methyl sites for hydroxylation is 2. The van der Waals surface area contributed by atoms with Gasteiger partial charge in [0.1, 0.15) is 0 Å². The number of piperidine rings is 1. The van der Waals surface area contributed by atoms with Gasteiger partial charge in [0.2, 0.25) is 0 Å². The second-order valence-electron chi connectivity index (χ2n) is 6.78. The molecule has 2 atom stereocenters. The average molecular weight is 288 g/mol. The van der Waals surface area contributed by atoms with E-state index >= 15 is 0 Å². The molecule has 0 aliphatic carbocycles. The van der Waals surface area contributed by atoms with Crippen molar-refractivity contribution < 1.29 is 0 Å². The minimum atomic E-state index is 0.385. The molecule has 21 heavy (non-hydrogen) atoms. The van der Waals surface area contributed by atoms with Gasteiger partial charge in [-0.2, -0.15) is 0 Å². The van der Waals surface area contributed by atoms with Crippen LogP contribution in [0, 0.1) is 13.8 Å². The Bertz CT molecular complexity index is 441. The maximum atomic E-state index is 6.11. The molecule has 2 nitrogen and oxygen atoms in total. The largest absolute Gasteiger partial charge is 0.328 e. The molecule has 1 aromatic rings. The average Bonchev–Trinajstić information content (AvgIpc) is 2.49. The molecular weight excluding hydrogens is 256 g/mol. The van der Waals surface area contributed by atoms with Crippen molar-refractivity contribution in [3.8, 4) is 0 Å². The Morgan fingerprint density at radius 1 is 1.24 bits per heavy atom. The third-order valence-corrected chi connectivity index (χ3v) is 5.10. The van der Waals surface area contributed by atoms with Gasteiger partial charge in [0.25, 0.3) is 0 Å². The van der Waals surface area contributed by atoms with Crippen LogP contribution in [0.2, 0.25) is 0 Å². The van der Waals surface area contributed by atoms with E-state index in [1.807, 2.05) is 0 Å². The monoisotopic (exact) mass is 288 g/mol. The summed E-state index contributed by atoms with van der Waals surface area (Å²) in [6.45, 7) is 8.95. The summed E-state index contributed by atoms with van der Waals surface area (Å²) in [5.41, 5.74) is 10.4. The van der Waals surface area contributed by atoms with Crippen molar-refractivity contribution in [2.24, 2.45) is 5.73 Å². The van der Waals surface area contributed by atoms with Crippen molar-refractivity contribution in [3.05, 3.63) is 34.9 Å². The first kappa shape index (κ1) is 16.5. The fourth-order valence-corrected chi connectivity index (χ4v) is 3.34. The molecule has 2 heteroatoms. The fourth-order valence-electron chi connectivity index (χ4n) is 3.34. The van der Waals surface area contributed by atoms with Crippen LogP contribution in [-0.4, -0.2) is 23.5 Å². The van der Waals surface area contributed by atoms with Crippen LogP contribution < -0.4 is 5.73 Å². The number of rotatable bonds is 6. The normalized spacial score (nSPS) is 21.4. The summed E-state index contributed by atoms with van der Waals surface area (Å²) in [6, 6.07) is 8.04. The lowest BCUT2D eigenvalue weighted by Gasteiger charge is -2.36. The van der Waals surface area contributed by atoms with E-state index in [1.165, 1.54) is 55.3 Å². The molecule has 0 spiro atoms. The van der Waals surface area contributed by atoms with Gasteiger partial charge >= 0.3 is 0 Å². The minimum Gasteiger partial charge on any atom is -0.328 e. The lowest BCUT2D eigenvalue weighted by Crippen LogP contribution is -2.39. The minimum absolute atomic E-state index is 0.385. The summed E-state index contributed by atoms with van der Waals surface area (Å²) in [5.74, 6) is 0. The van der Waals surface area contributed by atoms with E-state index < -0.39 is 0 Å². The van der Waals surface area contributed by atoms with Crippen molar-refractivity contribution in [2.45, 2.75) is 77.9 Å². The second kappa shape index (κ2) is 7.95. The van der Waals surface area contributed by atoms with Gasteiger partial charge in [0, 0.05) is 18.6 Å².